The van der Waals surface area contributed by atoms with Crippen LogP contribution in [0.15, 0.2) is 28.9 Å². The zero-order valence-electron chi connectivity index (χ0n) is 7.80. The van der Waals surface area contributed by atoms with Crippen LogP contribution in [0.5, 0.6) is 0 Å². The summed E-state index contributed by atoms with van der Waals surface area (Å²) >= 11 is 3.34. The third-order valence-corrected chi connectivity index (χ3v) is 2.72. The summed E-state index contributed by atoms with van der Waals surface area (Å²) in [5.41, 5.74) is 6.96. The van der Waals surface area contributed by atoms with Crippen molar-refractivity contribution < 1.29 is 4.39 Å². The van der Waals surface area contributed by atoms with Crippen molar-refractivity contribution in [2.45, 2.75) is 6.54 Å². The maximum Gasteiger partial charge on any atom is 0.138 e. The molecule has 0 radical (unpaired) electrons. The molecule has 0 aliphatic carbocycles. The summed E-state index contributed by atoms with van der Waals surface area (Å²) < 4.78 is 13.8. The van der Waals surface area contributed by atoms with Crippen LogP contribution in [0, 0.1) is 5.82 Å². The van der Waals surface area contributed by atoms with Crippen molar-refractivity contribution in [3.63, 3.8) is 0 Å². The minimum absolute atomic E-state index is 0.293. The number of nitrogens with zero attached hydrogens (tertiary/aromatic N) is 1. The molecule has 0 unspecified atom stereocenters. The van der Waals surface area contributed by atoms with E-state index in [2.05, 4.69) is 25.9 Å². The third-order valence-electron chi connectivity index (χ3n) is 2.03. The molecule has 0 bridgehead atoms. The van der Waals surface area contributed by atoms with Crippen molar-refractivity contribution in [3.8, 4) is 11.4 Å². The summed E-state index contributed by atoms with van der Waals surface area (Å²) in [4.78, 5) is 7.14. The van der Waals surface area contributed by atoms with Gasteiger partial charge in [-0.15, -0.1) is 0 Å². The van der Waals surface area contributed by atoms with E-state index in [1.165, 1.54) is 12.1 Å². The van der Waals surface area contributed by atoms with Gasteiger partial charge in [-0.2, -0.15) is 0 Å². The maximum absolute atomic E-state index is 13.0. The Bertz CT molecular complexity index is 481. The molecule has 1 heterocycles. The fraction of sp³-hybridized carbons (Fsp3) is 0.100. The lowest BCUT2D eigenvalue weighted by molar-refractivity contribution is 0.628. The van der Waals surface area contributed by atoms with Gasteiger partial charge in [-0.05, 0) is 18.2 Å². The highest BCUT2D eigenvalue weighted by molar-refractivity contribution is 9.10. The topological polar surface area (TPSA) is 54.7 Å². The Balaban J connectivity index is 2.48. The van der Waals surface area contributed by atoms with E-state index in [0.717, 1.165) is 10.2 Å². The van der Waals surface area contributed by atoms with Crippen LogP contribution in [0.3, 0.4) is 0 Å². The number of aromatic nitrogens is 2. The zero-order valence-corrected chi connectivity index (χ0v) is 9.38. The minimum atomic E-state index is -0.293. The van der Waals surface area contributed by atoms with Crippen LogP contribution in [0.2, 0.25) is 0 Å². The smallest absolute Gasteiger partial charge is 0.138 e. The highest BCUT2D eigenvalue weighted by Crippen LogP contribution is 2.26. The lowest BCUT2D eigenvalue weighted by atomic mass is 10.2. The molecule has 0 aliphatic heterocycles. The largest absolute Gasteiger partial charge is 0.341 e. The number of rotatable bonds is 2. The first-order valence-electron chi connectivity index (χ1n) is 4.40. The van der Waals surface area contributed by atoms with Crippen LogP contribution in [-0.4, -0.2) is 9.97 Å². The number of aromatic amines is 1. The van der Waals surface area contributed by atoms with Crippen molar-refractivity contribution >= 4 is 15.9 Å². The average Bonchev–Trinajstić information content (AvgIpc) is 2.70. The van der Waals surface area contributed by atoms with Crippen molar-refractivity contribution in [2.75, 3.05) is 0 Å². The molecule has 3 nitrogen and oxygen atoms in total. The second-order valence-corrected chi connectivity index (χ2v) is 3.94. The second-order valence-electron chi connectivity index (χ2n) is 3.09. The van der Waals surface area contributed by atoms with Crippen LogP contribution in [0.4, 0.5) is 4.39 Å². The van der Waals surface area contributed by atoms with Gasteiger partial charge in [0.25, 0.3) is 0 Å². The van der Waals surface area contributed by atoms with E-state index < -0.39 is 0 Å². The fourth-order valence-electron chi connectivity index (χ4n) is 1.28. The Morgan fingerprint density at radius 3 is 2.93 bits per heavy atom. The van der Waals surface area contributed by atoms with Gasteiger partial charge in [0, 0.05) is 28.5 Å². The molecule has 0 atom stereocenters. The molecule has 3 N–H and O–H groups in total. The van der Waals surface area contributed by atoms with Crippen LogP contribution >= 0.6 is 15.9 Å². The molecular weight excluding hydrogens is 261 g/mol. The number of hydrogen-bond donors (Lipinski definition) is 2. The van der Waals surface area contributed by atoms with E-state index in [0.29, 0.717) is 17.9 Å². The van der Waals surface area contributed by atoms with Crippen LogP contribution in [0.1, 0.15) is 5.69 Å². The van der Waals surface area contributed by atoms with E-state index in [1.807, 2.05) is 0 Å². The van der Waals surface area contributed by atoms with Crippen molar-refractivity contribution in [1.82, 2.24) is 9.97 Å². The van der Waals surface area contributed by atoms with E-state index in [9.17, 15) is 4.39 Å². The van der Waals surface area contributed by atoms with Gasteiger partial charge in [0.1, 0.15) is 11.6 Å². The van der Waals surface area contributed by atoms with Gasteiger partial charge in [0.15, 0.2) is 0 Å². The SMILES string of the molecule is NCc1cnc(-c2cc(F)ccc2Br)[nH]1. The molecule has 2 aromatic rings. The maximum atomic E-state index is 13.0. The number of benzene rings is 1. The van der Waals surface area contributed by atoms with Crippen LogP contribution < -0.4 is 5.73 Å². The lowest BCUT2D eigenvalue weighted by Gasteiger charge is -2.00. The van der Waals surface area contributed by atoms with E-state index in [4.69, 9.17) is 5.73 Å². The molecule has 78 valence electrons. The molecule has 0 amide bonds. The summed E-state index contributed by atoms with van der Waals surface area (Å²) in [7, 11) is 0. The molecule has 0 aliphatic rings. The standard InChI is InChI=1S/C10H9BrFN3/c11-9-2-1-6(12)3-8(9)10-14-5-7(4-13)15-10/h1-3,5H,4,13H2,(H,14,15). The molecule has 15 heavy (non-hydrogen) atoms. The number of imidazole rings is 1. The number of H-pyrrole nitrogens is 1. The van der Waals surface area contributed by atoms with E-state index in [1.54, 1.807) is 12.3 Å². The summed E-state index contributed by atoms with van der Waals surface area (Å²) in [6.07, 6.45) is 1.65. The predicted octanol–water partition coefficient (Wildman–Crippen LogP) is 2.44. The summed E-state index contributed by atoms with van der Waals surface area (Å²) in [6.45, 7) is 0.389. The van der Waals surface area contributed by atoms with Crippen molar-refractivity contribution in [3.05, 3.63) is 40.4 Å². The van der Waals surface area contributed by atoms with E-state index >= 15 is 0 Å². The van der Waals surface area contributed by atoms with Crippen LogP contribution in [0.25, 0.3) is 11.4 Å². The Hall–Kier alpha value is -1.20. The van der Waals surface area contributed by atoms with Gasteiger partial charge < -0.3 is 10.7 Å². The molecule has 1 aromatic heterocycles. The Morgan fingerprint density at radius 1 is 1.47 bits per heavy atom. The quantitative estimate of drug-likeness (QED) is 0.880. The molecule has 0 spiro atoms. The van der Waals surface area contributed by atoms with Crippen molar-refractivity contribution in [2.24, 2.45) is 5.73 Å². The molecular formula is C10H9BrFN3. The number of halogens is 2. The molecule has 1 aromatic carbocycles. The first kappa shape index (κ1) is 10.3. The Kier molecular flexibility index (Phi) is 2.83. The second kappa shape index (κ2) is 4.12. The summed E-state index contributed by atoms with van der Waals surface area (Å²) in [5, 5.41) is 0. The predicted molar refractivity (Wildman–Crippen MR) is 59.6 cm³/mol. The first-order valence-corrected chi connectivity index (χ1v) is 5.19. The van der Waals surface area contributed by atoms with Gasteiger partial charge in [-0.25, -0.2) is 9.37 Å². The number of nitrogens with one attached hydrogen (secondary N) is 1. The minimum Gasteiger partial charge on any atom is -0.341 e. The first-order chi connectivity index (χ1) is 7.20. The lowest BCUT2D eigenvalue weighted by Crippen LogP contribution is -1.95. The zero-order chi connectivity index (χ0) is 10.8. The van der Waals surface area contributed by atoms with Crippen LogP contribution in [-0.2, 0) is 6.54 Å². The van der Waals surface area contributed by atoms with Crippen molar-refractivity contribution in [1.29, 1.82) is 0 Å². The van der Waals surface area contributed by atoms with Gasteiger partial charge in [0.2, 0.25) is 0 Å². The third kappa shape index (κ3) is 2.08. The fourth-order valence-corrected chi connectivity index (χ4v) is 1.71. The Labute approximate surface area is 94.7 Å². The number of hydrogen-bond acceptors (Lipinski definition) is 2. The molecule has 2 rings (SSSR count). The van der Waals surface area contributed by atoms with Gasteiger partial charge in [0.05, 0.1) is 0 Å². The molecule has 0 fully saturated rings. The highest BCUT2D eigenvalue weighted by atomic mass is 79.9. The molecule has 5 heteroatoms. The molecule has 0 saturated heterocycles. The summed E-state index contributed by atoms with van der Waals surface area (Å²) in [5.74, 6) is 0.320. The molecule has 0 saturated carbocycles. The monoisotopic (exact) mass is 269 g/mol. The van der Waals surface area contributed by atoms with E-state index in [-0.39, 0.29) is 5.82 Å². The van der Waals surface area contributed by atoms with Gasteiger partial charge in [-0.3, -0.25) is 0 Å². The normalized spacial score (nSPS) is 10.6. The Morgan fingerprint density at radius 2 is 2.27 bits per heavy atom. The number of nitrogens with two attached hydrogens (primary N) is 1. The van der Waals surface area contributed by atoms with Gasteiger partial charge >= 0.3 is 0 Å². The average molecular weight is 270 g/mol. The van der Waals surface area contributed by atoms with Gasteiger partial charge in [-0.1, -0.05) is 15.9 Å². The summed E-state index contributed by atoms with van der Waals surface area (Å²) in [6, 6.07) is 4.46. The highest BCUT2D eigenvalue weighted by Gasteiger charge is 2.07.